The molecule has 1 aliphatic carbocycles. The highest BCUT2D eigenvalue weighted by Gasteiger charge is 2.16. The van der Waals surface area contributed by atoms with Crippen LogP contribution in [-0.2, 0) is 6.54 Å². The molecule has 1 saturated carbocycles. The Bertz CT molecular complexity index is 1760. The van der Waals surface area contributed by atoms with Gasteiger partial charge in [0.15, 0.2) is 0 Å². The molecule has 1 fully saturated rings. The van der Waals surface area contributed by atoms with E-state index in [1.54, 1.807) is 12.1 Å². The van der Waals surface area contributed by atoms with Gasteiger partial charge in [-0.15, -0.1) is 0 Å². The van der Waals surface area contributed by atoms with Gasteiger partial charge in [0.2, 0.25) is 0 Å². The SMILES string of the molecule is Fc1ccc(-c2cncc3[nH]c(-c4n[nH]c5ccc(-c6cncc(CNCC7CCCC7)c6)cc45)cc23)cc1. The van der Waals surface area contributed by atoms with E-state index in [1.165, 1.54) is 43.4 Å². The second-order valence-electron chi connectivity index (χ2n) is 10.5. The second-order valence-corrected chi connectivity index (χ2v) is 10.5. The minimum absolute atomic E-state index is 0.256. The number of H-pyrrole nitrogens is 2. The van der Waals surface area contributed by atoms with Gasteiger partial charge in [-0.2, -0.15) is 5.10 Å². The molecule has 6 aromatic rings. The monoisotopic (exact) mass is 516 g/mol. The Kier molecular flexibility index (Phi) is 6.13. The van der Waals surface area contributed by atoms with Gasteiger partial charge in [0.05, 0.1) is 22.9 Å². The van der Waals surface area contributed by atoms with Crippen LogP contribution in [0.15, 0.2) is 79.4 Å². The van der Waals surface area contributed by atoms with Crippen LogP contribution < -0.4 is 5.32 Å². The van der Waals surface area contributed by atoms with Crippen molar-refractivity contribution in [2.45, 2.75) is 32.2 Å². The van der Waals surface area contributed by atoms with Gasteiger partial charge in [0, 0.05) is 47.0 Å². The molecule has 0 amide bonds. The number of aromatic amines is 2. The average Bonchev–Trinajstić information content (AvgIpc) is 3.73. The van der Waals surface area contributed by atoms with E-state index in [2.05, 4.69) is 60.8 Å². The van der Waals surface area contributed by atoms with Crippen molar-refractivity contribution >= 4 is 21.8 Å². The van der Waals surface area contributed by atoms with E-state index in [0.717, 1.165) is 74.5 Å². The van der Waals surface area contributed by atoms with E-state index in [-0.39, 0.29) is 5.82 Å². The predicted molar refractivity (Wildman–Crippen MR) is 153 cm³/mol. The number of hydrogen-bond acceptors (Lipinski definition) is 4. The smallest absolute Gasteiger partial charge is 0.123 e. The number of halogens is 1. The molecule has 6 nitrogen and oxygen atoms in total. The lowest BCUT2D eigenvalue weighted by molar-refractivity contribution is 0.489. The molecule has 194 valence electrons. The number of rotatable bonds is 7. The molecule has 0 saturated heterocycles. The summed E-state index contributed by atoms with van der Waals surface area (Å²) in [6.07, 6.45) is 12.9. The van der Waals surface area contributed by atoms with Gasteiger partial charge in [-0.1, -0.05) is 31.0 Å². The molecule has 1 aliphatic rings. The van der Waals surface area contributed by atoms with Gasteiger partial charge in [-0.3, -0.25) is 15.1 Å². The fourth-order valence-corrected chi connectivity index (χ4v) is 5.81. The predicted octanol–water partition coefficient (Wildman–Crippen LogP) is 7.25. The molecule has 0 bridgehead atoms. The Balaban J connectivity index is 1.20. The van der Waals surface area contributed by atoms with Gasteiger partial charge in [0.1, 0.15) is 11.5 Å². The molecule has 4 heterocycles. The van der Waals surface area contributed by atoms with Gasteiger partial charge < -0.3 is 10.3 Å². The Labute approximate surface area is 225 Å². The van der Waals surface area contributed by atoms with Gasteiger partial charge in [0.25, 0.3) is 0 Å². The standard InChI is InChI=1S/C32H29FN6/c33-25-8-5-22(6-9-25)28-18-36-19-31-26(28)13-30(37-31)32-27-12-23(7-10-29(27)38-39-32)24-11-21(16-35-17-24)15-34-14-20-3-1-2-4-20/h5-13,16-20,34,37H,1-4,14-15H2,(H,38,39). The molecule has 0 atom stereocenters. The number of nitrogens with one attached hydrogen (secondary N) is 3. The van der Waals surface area contributed by atoms with Gasteiger partial charge >= 0.3 is 0 Å². The van der Waals surface area contributed by atoms with Crippen LogP contribution in [0.25, 0.3) is 55.4 Å². The highest BCUT2D eigenvalue weighted by atomic mass is 19.1. The van der Waals surface area contributed by atoms with Crippen LogP contribution in [0.2, 0.25) is 0 Å². The zero-order valence-corrected chi connectivity index (χ0v) is 21.5. The Morgan fingerprint density at radius 3 is 2.49 bits per heavy atom. The molecule has 0 radical (unpaired) electrons. The van der Waals surface area contributed by atoms with Crippen molar-refractivity contribution < 1.29 is 4.39 Å². The molecule has 0 unspecified atom stereocenters. The summed E-state index contributed by atoms with van der Waals surface area (Å²) >= 11 is 0. The zero-order chi connectivity index (χ0) is 26.2. The molecule has 2 aromatic carbocycles. The van der Waals surface area contributed by atoms with Crippen molar-refractivity contribution in [2.24, 2.45) is 5.92 Å². The molecule has 3 N–H and O–H groups in total. The normalized spacial score (nSPS) is 14.1. The highest BCUT2D eigenvalue weighted by molar-refractivity contribution is 6.01. The fraction of sp³-hybridized carbons (Fsp3) is 0.219. The molecule has 0 aliphatic heterocycles. The summed E-state index contributed by atoms with van der Waals surface area (Å²) in [6, 6.07) is 17.2. The quantitative estimate of drug-likeness (QED) is 0.209. The first-order valence-corrected chi connectivity index (χ1v) is 13.6. The van der Waals surface area contributed by atoms with Gasteiger partial charge in [-0.05, 0) is 78.4 Å². The number of aromatic nitrogens is 5. The van der Waals surface area contributed by atoms with E-state index < -0.39 is 0 Å². The summed E-state index contributed by atoms with van der Waals surface area (Å²) in [5, 5.41) is 13.5. The third-order valence-corrected chi connectivity index (χ3v) is 7.88. The first-order chi connectivity index (χ1) is 19.2. The van der Waals surface area contributed by atoms with Crippen molar-refractivity contribution in [1.82, 2.24) is 30.5 Å². The van der Waals surface area contributed by atoms with E-state index >= 15 is 0 Å². The second kappa shape index (κ2) is 10.1. The third-order valence-electron chi connectivity index (χ3n) is 7.88. The molecule has 7 rings (SSSR count). The van der Waals surface area contributed by atoms with Crippen LogP contribution in [0, 0.1) is 11.7 Å². The lowest BCUT2D eigenvalue weighted by Crippen LogP contribution is -2.20. The van der Waals surface area contributed by atoms with Crippen LogP contribution in [0.4, 0.5) is 4.39 Å². The Morgan fingerprint density at radius 2 is 1.62 bits per heavy atom. The van der Waals surface area contributed by atoms with Crippen LogP contribution >= 0.6 is 0 Å². The van der Waals surface area contributed by atoms with E-state index in [9.17, 15) is 4.39 Å². The molecule has 7 heteroatoms. The van der Waals surface area contributed by atoms with Gasteiger partial charge in [-0.25, -0.2) is 4.39 Å². The van der Waals surface area contributed by atoms with Crippen LogP contribution in [0.5, 0.6) is 0 Å². The maximum absolute atomic E-state index is 13.5. The Hall–Kier alpha value is -4.36. The maximum Gasteiger partial charge on any atom is 0.123 e. The summed E-state index contributed by atoms with van der Waals surface area (Å²) in [5.41, 5.74) is 8.84. The van der Waals surface area contributed by atoms with Crippen molar-refractivity contribution in [1.29, 1.82) is 0 Å². The van der Waals surface area contributed by atoms with Crippen LogP contribution in [0.1, 0.15) is 31.2 Å². The van der Waals surface area contributed by atoms with E-state index in [0.29, 0.717) is 0 Å². The average molecular weight is 517 g/mol. The molecule has 4 aromatic heterocycles. The summed E-state index contributed by atoms with van der Waals surface area (Å²) in [6.45, 7) is 1.91. The lowest BCUT2D eigenvalue weighted by Gasteiger charge is -2.11. The van der Waals surface area contributed by atoms with Crippen molar-refractivity contribution in [2.75, 3.05) is 6.54 Å². The zero-order valence-electron chi connectivity index (χ0n) is 21.5. The summed E-state index contributed by atoms with van der Waals surface area (Å²) in [7, 11) is 0. The summed E-state index contributed by atoms with van der Waals surface area (Å²) in [5.74, 6) is 0.559. The topological polar surface area (TPSA) is 82.3 Å². The van der Waals surface area contributed by atoms with Crippen LogP contribution in [0.3, 0.4) is 0 Å². The van der Waals surface area contributed by atoms with Crippen molar-refractivity contribution in [3.05, 3.63) is 90.8 Å². The van der Waals surface area contributed by atoms with Crippen LogP contribution in [-0.4, -0.2) is 31.7 Å². The summed E-state index contributed by atoms with van der Waals surface area (Å²) < 4.78 is 13.5. The minimum atomic E-state index is -0.256. The highest BCUT2D eigenvalue weighted by Crippen LogP contribution is 2.35. The number of fused-ring (bicyclic) bond motifs is 2. The minimum Gasteiger partial charge on any atom is -0.352 e. The Morgan fingerprint density at radius 1 is 0.795 bits per heavy atom. The number of benzene rings is 2. The number of hydrogen-bond donors (Lipinski definition) is 3. The molecular formula is C32H29FN6. The number of nitrogens with zero attached hydrogens (tertiary/aromatic N) is 3. The van der Waals surface area contributed by atoms with E-state index in [1.807, 2.05) is 24.8 Å². The molecule has 39 heavy (non-hydrogen) atoms. The maximum atomic E-state index is 13.5. The van der Waals surface area contributed by atoms with Crippen molar-refractivity contribution in [3.8, 4) is 33.6 Å². The largest absolute Gasteiger partial charge is 0.352 e. The third kappa shape index (κ3) is 4.70. The number of pyridine rings is 2. The molecular weight excluding hydrogens is 487 g/mol. The first-order valence-electron chi connectivity index (χ1n) is 13.6. The molecule has 0 spiro atoms. The fourth-order valence-electron chi connectivity index (χ4n) is 5.81. The summed E-state index contributed by atoms with van der Waals surface area (Å²) in [4.78, 5) is 12.4. The lowest BCUT2D eigenvalue weighted by atomic mass is 10.0. The first kappa shape index (κ1) is 23.7. The van der Waals surface area contributed by atoms with E-state index in [4.69, 9.17) is 0 Å². The van der Waals surface area contributed by atoms with Crippen molar-refractivity contribution in [3.63, 3.8) is 0 Å².